The molecule has 7 heteroatoms. The Hall–Kier alpha value is -1.21. The molecule has 0 saturated heterocycles. The van der Waals surface area contributed by atoms with E-state index in [2.05, 4.69) is 14.9 Å². The number of rotatable bonds is 2. The lowest BCUT2D eigenvalue weighted by atomic mass is 10.6. The number of ether oxygens (including phenoxy) is 1. The van der Waals surface area contributed by atoms with Crippen molar-refractivity contribution in [3.63, 3.8) is 0 Å². The fourth-order valence-corrected chi connectivity index (χ4v) is 1.22. The highest BCUT2D eigenvalue weighted by atomic mass is 32.2. The molecule has 0 aliphatic heterocycles. The first kappa shape index (κ1) is 8.88. The van der Waals surface area contributed by atoms with E-state index in [-0.39, 0.29) is 10.8 Å². The minimum Gasteiger partial charge on any atom is -0.479 e. The highest BCUT2D eigenvalue weighted by Gasteiger charge is 2.16. The third-order valence-electron chi connectivity index (χ3n) is 1.12. The fourth-order valence-electron chi connectivity index (χ4n) is 0.645. The Bertz CT molecular complexity index is 375. The van der Waals surface area contributed by atoms with Gasteiger partial charge in [0, 0.05) is 0 Å². The summed E-state index contributed by atoms with van der Waals surface area (Å²) in [7, 11) is -3.04. The highest BCUT2D eigenvalue weighted by Crippen LogP contribution is 2.17. The maximum absolute atomic E-state index is 10.6. The quantitative estimate of drug-likeness (QED) is 0.646. The van der Waals surface area contributed by atoms with Gasteiger partial charge in [0.2, 0.25) is 0 Å². The molecule has 0 fully saturated rings. The topological polar surface area (TPSA) is 89.4 Å². The van der Waals surface area contributed by atoms with Crippen LogP contribution in [-0.4, -0.2) is 30.3 Å². The number of nitrogens with zero attached hydrogens (tertiary/aromatic N) is 2. The lowest BCUT2D eigenvalue weighted by Crippen LogP contribution is -2.03. The van der Waals surface area contributed by atoms with Crippen molar-refractivity contribution < 1.29 is 17.7 Å². The second-order valence-corrected chi connectivity index (χ2v) is 3.27. The minimum atomic E-state index is -4.27. The fraction of sp³-hybridized carbons (Fsp3) is 0.200. The Kier molecular flexibility index (Phi) is 2.25. The van der Waals surface area contributed by atoms with Crippen LogP contribution >= 0.6 is 0 Å². The van der Waals surface area contributed by atoms with E-state index in [1.807, 2.05) is 0 Å². The van der Waals surface area contributed by atoms with Crippen LogP contribution in [0.15, 0.2) is 17.2 Å². The maximum atomic E-state index is 10.6. The van der Waals surface area contributed by atoms with Gasteiger partial charge in [0.25, 0.3) is 16.0 Å². The zero-order chi connectivity index (χ0) is 9.19. The summed E-state index contributed by atoms with van der Waals surface area (Å²) in [5.41, 5.74) is 0. The summed E-state index contributed by atoms with van der Waals surface area (Å²) in [6.45, 7) is 0. The van der Waals surface area contributed by atoms with Gasteiger partial charge in [0.15, 0.2) is 4.90 Å². The second-order valence-electron chi connectivity index (χ2n) is 1.88. The average molecular weight is 190 g/mol. The molecule has 1 aromatic rings. The Morgan fingerprint density at radius 3 is 2.67 bits per heavy atom. The zero-order valence-corrected chi connectivity index (χ0v) is 6.95. The summed E-state index contributed by atoms with van der Waals surface area (Å²) in [5, 5.41) is 6.73. The predicted octanol–water partition coefficient (Wildman–Crippen LogP) is -0.268. The molecule has 0 aliphatic carbocycles. The number of hydrogen-bond acceptors (Lipinski definition) is 5. The minimum absolute atomic E-state index is 0.222. The van der Waals surface area contributed by atoms with Gasteiger partial charge < -0.3 is 4.74 Å². The predicted molar refractivity (Wildman–Crippen MR) is 38.4 cm³/mol. The molecule has 6 nitrogen and oxygen atoms in total. The van der Waals surface area contributed by atoms with Crippen molar-refractivity contribution in [2.24, 2.45) is 0 Å². The smallest absolute Gasteiger partial charge is 0.300 e. The molecule has 0 unspecified atom stereocenters. The molecule has 1 N–H and O–H groups in total. The molecule has 0 radical (unpaired) electrons. The zero-order valence-electron chi connectivity index (χ0n) is 6.13. The number of aromatic nitrogens is 2. The molecule has 0 saturated carbocycles. The Labute approximate surface area is 68.9 Å². The molecular weight excluding hydrogens is 184 g/mol. The third kappa shape index (κ3) is 1.69. The van der Waals surface area contributed by atoms with E-state index >= 15 is 0 Å². The summed E-state index contributed by atoms with van der Waals surface area (Å²) in [6, 6.07) is 1.10. The molecule has 0 spiro atoms. The first-order chi connectivity index (χ1) is 5.55. The largest absolute Gasteiger partial charge is 0.479 e. The van der Waals surface area contributed by atoms with Crippen molar-refractivity contribution in [3.8, 4) is 5.88 Å². The van der Waals surface area contributed by atoms with Crippen LogP contribution in [0.2, 0.25) is 0 Å². The first-order valence-corrected chi connectivity index (χ1v) is 4.33. The van der Waals surface area contributed by atoms with E-state index in [9.17, 15) is 8.42 Å². The van der Waals surface area contributed by atoms with Gasteiger partial charge in [0.1, 0.15) is 0 Å². The van der Waals surface area contributed by atoms with Crippen LogP contribution in [0.4, 0.5) is 0 Å². The van der Waals surface area contributed by atoms with Gasteiger partial charge in [-0.15, -0.1) is 5.10 Å². The van der Waals surface area contributed by atoms with E-state index in [0.29, 0.717) is 0 Å². The van der Waals surface area contributed by atoms with Crippen LogP contribution in [-0.2, 0) is 10.1 Å². The Morgan fingerprint density at radius 2 is 2.25 bits per heavy atom. The highest BCUT2D eigenvalue weighted by molar-refractivity contribution is 7.86. The normalized spacial score (nSPS) is 11.2. The van der Waals surface area contributed by atoms with Crippen molar-refractivity contribution >= 4 is 10.1 Å². The monoisotopic (exact) mass is 190 g/mol. The Balaban J connectivity index is 3.33. The molecule has 12 heavy (non-hydrogen) atoms. The summed E-state index contributed by atoms with van der Waals surface area (Å²) < 4.78 is 34.4. The molecule has 0 aromatic carbocycles. The van der Waals surface area contributed by atoms with Gasteiger partial charge in [0.05, 0.1) is 13.3 Å². The van der Waals surface area contributed by atoms with Crippen LogP contribution in [0.1, 0.15) is 0 Å². The van der Waals surface area contributed by atoms with E-state index in [0.717, 1.165) is 12.3 Å². The summed E-state index contributed by atoms with van der Waals surface area (Å²) in [6.07, 6.45) is 1.14. The van der Waals surface area contributed by atoms with Crippen molar-refractivity contribution in [2.45, 2.75) is 4.90 Å². The van der Waals surface area contributed by atoms with Crippen LogP contribution in [0.5, 0.6) is 5.88 Å². The third-order valence-corrected chi connectivity index (χ3v) is 1.99. The number of hydrogen-bond donors (Lipinski definition) is 1. The molecule has 1 rings (SSSR count). The SMILES string of the molecule is COc1nnccc1S(=O)(=O)O. The molecule has 0 aliphatic rings. The van der Waals surface area contributed by atoms with Gasteiger partial charge in [-0.2, -0.15) is 13.5 Å². The molecule has 1 aromatic heterocycles. The lowest BCUT2D eigenvalue weighted by molar-refractivity contribution is 0.374. The van der Waals surface area contributed by atoms with Crippen molar-refractivity contribution in [1.82, 2.24) is 10.2 Å². The van der Waals surface area contributed by atoms with E-state index in [1.165, 1.54) is 7.11 Å². The molecular formula is C5H6N2O4S. The van der Waals surface area contributed by atoms with Gasteiger partial charge in [-0.05, 0) is 6.07 Å². The Morgan fingerprint density at radius 1 is 1.58 bits per heavy atom. The van der Waals surface area contributed by atoms with Crippen LogP contribution < -0.4 is 4.74 Å². The lowest BCUT2D eigenvalue weighted by Gasteiger charge is -2.00. The second kappa shape index (κ2) is 3.03. The van der Waals surface area contributed by atoms with Crippen molar-refractivity contribution in [3.05, 3.63) is 12.3 Å². The molecule has 1 heterocycles. The maximum Gasteiger partial charge on any atom is 0.300 e. The standard InChI is InChI=1S/C5H6N2O4S/c1-11-5-4(12(8,9)10)2-3-6-7-5/h2-3H,1H3,(H,8,9,10). The average Bonchev–Trinajstić information content (AvgIpc) is 2.03. The van der Waals surface area contributed by atoms with Gasteiger partial charge in [-0.1, -0.05) is 0 Å². The summed E-state index contributed by atoms with van der Waals surface area (Å²) in [4.78, 5) is -0.389. The van der Waals surface area contributed by atoms with E-state index in [4.69, 9.17) is 4.55 Å². The van der Waals surface area contributed by atoms with Gasteiger partial charge in [-0.3, -0.25) is 4.55 Å². The van der Waals surface area contributed by atoms with Crippen LogP contribution in [0.3, 0.4) is 0 Å². The van der Waals surface area contributed by atoms with E-state index < -0.39 is 10.1 Å². The molecule has 0 atom stereocenters. The van der Waals surface area contributed by atoms with Gasteiger partial charge in [-0.25, -0.2) is 0 Å². The summed E-state index contributed by atoms with van der Waals surface area (Å²) >= 11 is 0. The van der Waals surface area contributed by atoms with Gasteiger partial charge >= 0.3 is 0 Å². The molecule has 0 bridgehead atoms. The van der Waals surface area contributed by atoms with Crippen LogP contribution in [0.25, 0.3) is 0 Å². The summed E-state index contributed by atoms with van der Waals surface area (Å²) in [5.74, 6) is -0.222. The van der Waals surface area contributed by atoms with Crippen LogP contribution in [0, 0.1) is 0 Å². The molecule has 66 valence electrons. The first-order valence-electron chi connectivity index (χ1n) is 2.89. The van der Waals surface area contributed by atoms with E-state index in [1.54, 1.807) is 0 Å². The number of methoxy groups -OCH3 is 1. The van der Waals surface area contributed by atoms with Crippen molar-refractivity contribution in [2.75, 3.05) is 7.11 Å². The van der Waals surface area contributed by atoms with Crippen molar-refractivity contribution in [1.29, 1.82) is 0 Å². The molecule has 0 amide bonds.